The highest BCUT2D eigenvalue weighted by molar-refractivity contribution is 6.32. The number of nitrogens with one attached hydrogen (secondary N) is 1. The van der Waals surface area contributed by atoms with Crippen LogP contribution in [0.5, 0.6) is 0 Å². The lowest BCUT2D eigenvalue weighted by Crippen LogP contribution is -2.49. The van der Waals surface area contributed by atoms with Crippen LogP contribution in [0.3, 0.4) is 0 Å². The quantitative estimate of drug-likeness (QED) is 0.906. The molecule has 1 aromatic heterocycles. The first-order chi connectivity index (χ1) is 9.65. The van der Waals surface area contributed by atoms with Gasteiger partial charge in [-0.2, -0.15) is 4.98 Å². The zero-order valence-electron chi connectivity index (χ0n) is 12.4. The molecule has 0 aliphatic carbocycles. The predicted octanol–water partition coefficient (Wildman–Crippen LogP) is 2.96. The molecule has 1 aliphatic rings. The topological polar surface area (TPSA) is 50.3 Å². The van der Waals surface area contributed by atoms with Crippen molar-refractivity contribution >= 4 is 23.4 Å². The SMILES string of the molecule is CCCNc1ncc(Cl)c(N2CC(C)OCC2CC)n1. The van der Waals surface area contributed by atoms with Gasteiger partial charge in [0.1, 0.15) is 5.02 Å². The van der Waals surface area contributed by atoms with Crippen molar-refractivity contribution in [2.75, 3.05) is 29.9 Å². The maximum Gasteiger partial charge on any atom is 0.224 e. The molecule has 6 heteroatoms. The summed E-state index contributed by atoms with van der Waals surface area (Å²) in [6.45, 7) is 8.73. The largest absolute Gasteiger partial charge is 0.375 e. The van der Waals surface area contributed by atoms with Crippen LogP contribution >= 0.6 is 11.6 Å². The maximum atomic E-state index is 6.30. The zero-order chi connectivity index (χ0) is 14.5. The van der Waals surface area contributed by atoms with Gasteiger partial charge >= 0.3 is 0 Å². The highest BCUT2D eigenvalue weighted by atomic mass is 35.5. The molecule has 2 heterocycles. The van der Waals surface area contributed by atoms with Crippen LogP contribution in [0.15, 0.2) is 6.20 Å². The standard InChI is InChI=1S/C14H23ClN4O/c1-4-6-16-14-17-7-12(15)13(18-14)19-8-10(3)20-9-11(19)5-2/h7,10-11H,4-6,8-9H2,1-3H3,(H,16,17,18). The zero-order valence-corrected chi connectivity index (χ0v) is 13.2. The predicted molar refractivity (Wildman–Crippen MR) is 82.7 cm³/mol. The second-order valence-corrected chi connectivity index (χ2v) is 5.56. The van der Waals surface area contributed by atoms with Gasteiger partial charge in [-0.05, 0) is 19.8 Å². The van der Waals surface area contributed by atoms with Crippen LogP contribution < -0.4 is 10.2 Å². The summed E-state index contributed by atoms with van der Waals surface area (Å²) in [6.07, 6.45) is 3.91. The second kappa shape index (κ2) is 7.09. The van der Waals surface area contributed by atoms with E-state index in [2.05, 4.69) is 41.0 Å². The molecular weight excluding hydrogens is 276 g/mol. The molecule has 5 nitrogen and oxygen atoms in total. The molecule has 2 rings (SSSR count). The fourth-order valence-corrected chi connectivity index (χ4v) is 2.52. The molecule has 1 aromatic rings. The maximum absolute atomic E-state index is 6.30. The minimum absolute atomic E-state index is 0.191. The Kier molecular flexibility index (Phi) is 5.43. The number of morpholine rings is 1. The third-order valence-corrected chi connectivity index (χ3v) is 3.74. The monoisotopic (exact) mass is 298 g/mol. The van der Waals surface area contributed by atoms with Crippen LogP contribution in [0.25, 0.3) is 0 Å². The van der Waals surface area contributed by atoms with E-state index in [1.807, 2.05) is 0 Å². The molecule has 1 N–H and O–H groups in total. The summed E-state index contributed by atoms with van der Waals surface area (Å²) < 4.78 is 5.72. The normalized spacial score (nSPS) is 22.9. The summed E-state index contributed by atoms with van der Waals surface area (Å²) in [4.78, 5) is 11.1. The lowest BCUT2D eigenvalue weighted by molar-refractivity contribution is 0.0296. The van der Waals surface area contributed by atoms with Crippen molar-refractivity contribution in [3.05, 3.63) is 11.2 Å². The van der Waals surface area contributed by atoms with Gasteiger partial charge in [0, 0.05) is 13.1 Å². The van der Waals surface area contributed by atoms with E-state index in [9.17, 15) is 0 Å². The Labute approximate surface area is 125 Å². The average molecular weight is 299 g/mol. The second-order valence-electron chi connectivity index (χ2n) is 5.15. The highest BCUT2D eigenvalue weighted by Crippen LogP contribution is 2.28. The minimum Gasteiger partial charge on any atom is -0.375 e. The smallest absolute Gasteiger partial charge is 0.224 e. The van der Waals surface area contributed by atoms with Crippen molar-refractivity contribution in [2.24, 2.45) is 0 Å². The minimum atomic E-state index is 0.191. The van der Waals surface area contributed by atoms with E-state index in [1.165, 1.54) is 0 Å². The van der Waals surface area contributed by atoms with E-state index in [0.717, 1.165) is 38.4 Å². The van der Waals surface area contributed by atoms with E-state index in [1.54, 1.807) is 6.20 Å². The molecule has 1 fully saturated rings. The van der Waals surface area contributed by atoms with Crippen LogP contribution in [-0.2, 0) is 4.74 Å². The van der Waals surface area contributed by atoms with Crippen LogP contribution in [0.2, 0.25) is 5.02 Å². The van der Waals surface area contributed by atoms with Gasteiger partial charge in [0.05, 0.1) is 24.9 Å². The van der Waals surface area contributed by atoms with Crippen molar-refractivity contribution in [3.8, 4) is 0 Å². The van der Waals surface area contributed by atoms with Crippen molar-refractivity contribution in [1.29, 1.82) is 0 Å². The Balaban J connectivity index is 2.24. The lowest BCUT2D eigenvalue weighted by atomic mass is 10.1. The number of rotatable bonds is 5. The molecule has 0 spiro atoms. The molecule has 0 aromatic carbocycles. The average Bonchev–Trinajstić information content (AvgIpc) is 2.46. The van der Waals surface area contributed by atoms with Gasteiger partial charge in [-0.3, -0.25) is 0 Å². The Morgan fingerprint density at radius 1 is 1.50 bits per heavy atom. The van der Waals surface area contributed by atoms with Crippen molar-refractivity contribution in [2.45, 2.75) is 45.8 Å². The summed E-state index contributed by atoms with van der Waals surface area (Å²) in [6, 6.07) is 0.317. The Bertz CT molecular complexity index is 443. The van der Waals surface area contributed by atoms with Crippen molar-refractivity contribution < 1.29 is 4.74 Å². The first-order valence-electron chi connectivity index (χ1n) is 7.30. The molecule has 0 amide bonds. The molecule has 0 radical (unpaired) electrons. The summed E-state index contributed by atoms with van der Waals surface area (Å²) in [5.74, 6) is 1.45. The molecule has 112 valence electrons. The van der Waals surface area contributed by atoms with Crippen LogP contribution in [-0.4, -0.2) is 41.8 Å². The summed E-state index contributed by atoms with van der Waals surface area (Å²) in [5, 5.41) is 3.80. The third-order valence-electron chi connectivity index (χ3n) is 3.47. The van der Waals surface area contributed by atoms with Crippen molar-refractivity contribution in [3.63, 3.8) is 0 Å². The Hall–Kier alpha value is -1.07. The number of aromatic nitrogens is 2. The van der Waals surface area contributed by atoms with Gasteiger partial charge in [-0.25, -0.2) is 4.98 Å². The fourth-order valence-electron chi connectivity index (χ4n) is 2.32. The first kappa shape index (κ1) is 15.3. The van der Waals surface area contributed by atoms with E-state index < -0.39 is 0 Å². The first-order valence-corrected chi connectivity index (χ1v) is 7.68. The molecule has 1 aliphatic heterocycles. The molecule has 1 saturated heterocycles. The van der Waals surface area contributed by atoms with Gasteiger partial charge in [0.15, 0.2) is 5.82 Å². The van der Waals surface area contributed by atoms with Crippen molar-refractivity contribution in [1.82, 2.24) is 9.97 Å². The fraction of sp³-hybridized carbons (Fsp3) is 0.714. The van der Waals surface area contributed by atoms with Crippen LogP contribution in [0.1, 0.15) is 33.6 Å². The molecule has 0 saturated carbocycles. The highest BCUT2D eigenvalue weighted by Gasteiger charge is 2.28. The van der Waals surface area contributed by atoms with Gasteiger partial charge in [0.2, 0.25) is 5.95 Å². The van der Waals surface area contributed by atoms with E-state index >= 15 is 0 Å². The molecule has 2 unspecified atom stereocenters. The Morgan fingerprint density at radius 2 is 2.30 bits per heavy atom. The molecule has 0 bridgehead atoms. The molecule has 2 atom stereocenters. The summed E-state index contributed by atoms with van der Waals surface area (Å²) in [5.41, 5.74) is 0. The summed E-state index contributed by atoms with van der Waals surface area (Å²) in [7, 11) is 0. The molecule has 20 heavy (non-hydrogen) atoms. The van der Waals surface area contributed by atoms with E-state index in [0.29, 0.717) is 17.0 Å². The molecular formula is C14H23ClN4O. The van der Waals surface area contributed by atoms with Gasteiger partial charge in [-0.15, -0.1) is 0 Å². The lowest BCUT2D eigenvalue weighted by Gasteiger charge is -2.39. The Morgan fingerprint density at radius 3 is 3.00 bits per heavy atom. The van der Waals surface area contributed by atoms with Crippen LogP contribution in [0.4, 0.5) is 11.8 Å². The van der Waals surface area contributed by atoms with E-state index in [-0.39, 0.29) is 6.10 Å². The number of hydrogen-bond donors (Lipinski definition) is 1. The van der Waals surface area contributed by atoms with Gasteiger partial charge in [-0.1, -0.05) is 25.4 Å². The van der Waals surface area contributed by atoms with Gasteiger partial charge < -0.3 is 15.0 Å². The number of anilines is 2. The van der Waals surface area contributed by atoms with Gasteiger partial charge in [0.25, 0.3) is 0 Å². The number of nitrogens with zero attached hydrogens (tertiary/aromatic N) is 3. The number of hydrogen-bond acceptors (Lipinski definition) is 5. The summed E-state index contributed by atoms with van der Waals surface area (Å²) >= 11 is 6.30. The van der Waals surface area contributed by atoms with Crippen LogP contribution in [0, 0.1) is 0 Å². The third kappa shape index (κ3) is 3.52. The van der Waals surface area contributed by atoms with E-state index in [4.69, 9.17) is 16.3 Å². The number of halogens is 1. The number of ether oxygens (including phenoxy) is 1.